The highest BCUT2D eigenvalue weighted by Crippen LogP contribution is 2.41. The number of benzene rings is 3. The number of fused-ring (bicyclic) bond motifs is 1. The number of nitrogens with zero attached hydrogens (tertiary/aromatic N) is 1. The lowest BCUT2D eigenvalue weighted by Gasteiger charge is -2.28. The van der Waals surface area contributed by atoms with E-state index in [2.05, 4.69) is 36.7 Å². The quantitative estimate of drug-likeness (QED) is 0.245. The van der Waals surface area contributed by atoms with Gasteiger partial charge in [0.2, 0.25) is 5.78 Å². The number of aliphatic hydroxyl groups excluding tert-OH is 1. The first-order chi connectivity index (χ1) is 18.1. The van der Waals surface area contributed by atoms with Crippen LogP contribution < -0.4 is 4.74 Å². The number of halogens is 1. The minimum absolute atomic E-state index is 0.00476. The molecule has 5 rings (SSSR count). The molecule has 4 aromatic rings. The Hall–Kier alpha value is -3.84. The van der Waals surface area contributed by atoms with E-state index >= 15 is 0 Å². The van der Waals surface area contributed by atoms with Crippen LogP contribution in [-0.2, 0) is 16.8 Å². The van der Waals surface area contributed by atoms with Crippen LogP contribution in [0.5, 0.6) is 5.75 Å². The summed E-state index contributed by atoms with van der Waals surface area (Å²) in [6, 6.07) is 21.5. The van der Waals surface area contributed by atoms with Crippen molar-refractivity contribution in [2.24, 2.45) is 0 Å². The Balaban J connectivity index is 1.58. The number of hydrogen-bond acceptors (Lipinski definition) is 5. The van der Waals surface area contributed by atoms with E-state index in [4.69, 9.17) is 9.15 Å². The smallest absolute Gasteiger partial charge is 0.290 e. The lowest BCUT2D eigenvalue weighted by atomic mass is 9.85. The summed E-state index contributed by atoms with van der Waals surface area (Å²) in [7, 11) is 1.59. The molecule has 1 aliphatic rings. The van der Waals surface area contributed by atoms with Crippen LogP contribution in [0.2, 0.25) is 0 Å². The third-order valence-corrected chi connectivity index (χ3v) is 7.35. The van der Waals surface area contributed by atoms with Gasteiger partial charge in [0.25, 0.3) is 5.91 Å². The number of hydrogen-bond donors (Lipinski definition) is 1. The van der Waals surface area contributed by atoms with Crippen LogP contribution in [0.15, 0.2) is 93.0 Å². The molecule has 1 aliphatic heterocycles. The third-order valence-electron chi connectivity index (χ3n) is 6.85. The molecule has 1 aromatic heterocycles. The molecule has 0 fully saturated rings. The van der Waals surface area contributed by atoms with Gasteiger partial charge in [0, 0.05) is 16.4 Å². The van der Waals surface area contributed by atoms with Crippen LogP contribution in [0.1, 0.15) is 54.1 Å². The second-order valence-electron chi connectivity index (χ2n) is 10.4. The van der Waals surface area contributed by atoms with Crippen molar-refractivity contribution in [2.45, 2.75) is 38.8 Å². The Labute approximate surface area is 229 Å². The summed E-state index contributed by atoms with van der Waals surface area (Å²) in [5.74, 6) is -0.924. The summed E-state index contributed by atoms with van der Waals surface area (Å²) in [4.78, 5) is 28.8. The first kappa shape index (κ1) is 25.8. The van der Waals surface area contributed by atoms with Crippen molar-refractivity contribution in [3.8, 4) is 5.75 Å². The highest BCUT2D eigenvalue weighted by Gasteiger charge is 2.44. The second-order valence-corrected chi connectivity index (χ2v) is 11.4. The Morgan fingerprint density at radius 1 is 1.03 bits per heavy atom. The molecule has 7 heteroatoms. The fourth-order valence-electron chi connectivity index (χ4n) is 4.75. The highest BCUT2D eigenvalue weighted by molar-refractivity contribution is 9.10. The van der Waals surface area contributed by atoms with Gasteiger partial charge in [0.05, 0.1) is 18.7 Å². The Bertz CT molecular complexity index is 1560. The zero-order valence-corrected chi connectivity index (χ0v) is 23.2. The van der Waals surface area contributed by atoms with Crippen LogP contribution in [0.3, 0.4) is 0 Å². The number of ketones is 1. The number of carbonyl (C=O) groups excluding carboxylic acids is 2. The zero-order valence-electron chi connectivity index (χ0n) is 21.6. The van der Waals surface area contributed by atoms with E-state index < -0.39 is 23.5 Å². The number of rotatable bonds is 6. The van der Waals surface area contributed by atoms with Crippen LogP contribution in [0, 0.1) is 0 Å². The molecule has 0 spiro atoms. The first-order valence-electron chi connectivity index (χ1n) is 12.3. The van der Waals surface area contributed by atoms with Crippen LogP contribution in [0.25, 0.3) is 11.0 Å². The number of carbonyl (C=O) groups is 2. The van der Waals surface area contributed by atoms with Crippen LogP contribution in [0.4, 0.5) is 0 Å². The van der Waals surface area contributed by atoms with E-state index in [1.165, 1.54) is 4.90 Å². The number of ether oxygens (including phenoxy) is 1. The summed E-state index contributed by atoms with van der Waals surface area (Å²) in [6.45, 7) is 6.57. The first-order valence-corrected chi connectivity index (χ1v) is 13.1. The molecule has 1 N–H and O–H groups in total. The molecule has 2 heterocycles. The molecular weight excluding hydrogens is 546 g/mol. The van der Waals surface area contributed by atoms with E-state index in [0.717, 1.165) is 26.5 Å². The lowest BCUT2D eigenvalue weighted by molar-refractivity contribution is -0.130. The minimum atomic E-state index is -0.786. The molecular formula is C31H28BrNO5. The molecule has 1 unspecified atom stereocenters. The normalized spacial score (nSPS) is 16.0. The number of aliphatic hydroxyl groups is 1. The fourth-order valence-corrected chi connectivity index (χ4v) is 5.13. The van der Waals surface area contributed by atoms with Crippen molar-refractivity contribution in [1.82, 2.24) is 4.90 Å². The van der Waals surface area contributed by atoms with Gasteiger partial charge in [-0.15, -0.1) is 0 Å². The fraction of sp³-hybridized carbons (Fsp3) is 0.226. The molecule has 38 heavy (non-hydrogen) atoms. The molecule has 6 nitrogen and oxygen atoms in total. The van der Waals surface area contributed by atoms with Crippen molar-refractivity contribution < 1.29 is 23.8 Å². The Morgan fingerprint density at radius 3 is 2.34 bits per heavy atom. The summed E-state index contributed by atoms with van der Waals surface area (Å²) in [6.07, 6.45) is 0. The van der Waals surface area contributed by atoms with Crippen molar-refractivity contribution in [3.63, 3.8) is 0 Å². The van der Waals surface area contributed by atoms with Gasteiger partial charge in [-0.05, 0) is 58.5 Å². The largest absolute Gasteiger partial charge is 0.503 e. The number of furan rings is 1. The van der Waals surface area contributed by atoms with Crippen molar-refractivity contribution in [1.29, 1.82) is 0 Å². The third kappa shape index (κ3) is 4.74. The molecule has 0 bridgehead atoms. The average molecular weight is 574 g/mol. The molecule has 0 saturated heterocycles. The Kier molecular flexibility index (Phi) is 6.65. The van der Waals surface area contributed by atoms with Gasteiger partial charge >= 0.3 is 0 Å². The van der Waals surface area contributed by atoms with E-state index in [1.54, 1.807) is 19.2 Å². The second kappa shape index (κ2) is 9.80. The predicted molar refractivity (Wildman–Crippen MR) is 149 cm³/mol. The van der Waals surface area contributed by atoms with Crippen molar-refractivity contribution >= 4 is 38.6 Å². The van der Waals surface area contributed by atoms with E-state index in [0.29, 0.717) is 11.3 Å². The van der Waals surface area contributed by atoms with Gasteiger partial charge in [-0.3, -0.25) is 9.59 Å². The SMILES string of the molecule is COc1ccc(CN2C(=O)C(O)=C(C(=O)c3cc4cc(Br)ccc4o3)C2c2ccc(C(C)(C)C)cc2)cc1. The summed E-state index contributed by atoms with van der Waals surface area (Å²) in [5, 5.41) is 11.8. The maximum absolute atomic E-state index is 13.8. The molecule has 1 atom stereocenters. The molecule has 0 aliphatic carbocycles. The summed E-state index contributed by atoms with van der Waals surface area (Å²) < 4.78 is 12.0. The zero-order chi connectivity index (χ0) is 27.2. The molecule has 3 aromatic carbocycles. The minimum Gasteiger partial charge on any atom is -0.503 e. The molecule has 0 saturated carbocycles. The molecule has 194 valence electrons. The lowest BCUT2D eigenvalue weighted by Crippen LogP contribution is -2.30. The van der Waals surface area contributed by atoms with Gasteiger partial charge in [-0.25, -0.2) is 0 Å². The Morgan fingerprint density at radius 2 is 1.71 bits per heavy atom. The summed E-state index contributed by atoms with van der Waals surface area (Å²) in [5.41, 5.74) is 3.17. The topological polar surface area (TPSA) is 80.0 Å². The monoisotopic (exact) mass is 573 g/mol. The van der Waals surface area contributed by atoms with E-state index in [-0.39, 0.29) is 23.3 Å². The van der Waals surface area contributed by atoms with Gasteiger partial charge in [-0.2, -0.15) is 0 Å². The predicted octanol–water partition coefficient (Wildman–Crippen LogP) is 7.28. The van der Waals surface area contributed by atoms with Crippen molar-refractivity contribution in [3.05, 3.63) is 111 Å². The maximum atomic E-state index is 13.8. The standard InChI is InChI=1S/C31H28BrNO5/c1-31(2,3)21-9-7-19(8-10-21)27-26(28(34)25-16-20-15-22(32)11-14-24(20)38-25)29(35)30(36)33(27)17-18-5-12-23(37-4)13-6-18/h5-16,27,35H,17H2,1-4H3. The maximum Gasteiger partial charge on any atom is 0.290 e. The van der Waals surface area contributed by atoms with E-state index in [9.17, 15) is 14.7 Å². The molecule has 0 radical (unpaired) electrons. The number of amides is 1. The number of methoxy groups -OCH3 is 1. The highest BCUT2D eigenvalue weighted by atomic mass is 79.9. The van der Waals surface area contributed by atoms with Gasteiger partial charge in [0.15, 0.2) is 11.5 Å². The summed E-state index contributed by atoms with van der Waals surface area (Å²) >= 11 is 3.44. The van der Waals surface area contributed by atoms with Crippen LogP contribution in [-0.4, -0.2) is 28.8 Å². The molecule has 1 amide bonds. The number of Topliss-reactive ketones (excluding diaryl/α,β-unsaturated/α-hetero) is 1. The van der Waals surface area contributed by atoms with Crippen molar-refractivity contribution in [2.75, 3.05) is 7.11 Å². The average Bonchev–Trinajstić information content (AvgIpc) is 3.42. The van der Waals surface area contributed by atoms with Gasteiger partial charge in [0.1, 0.15) is 11.3 Å². The van der Waals surface area contributed by atoms with Crippen LogP contribution >= 0.6 is 15.9 Å². The van der Waals surface area contributed by atoms with Gasteiger partial charge in [-0.1, -0.05) is 73.1 Å². The van der Waals surface area contributed by atoms with E-state index in [1.807, 2.05) is 60.7 Å². The van der Waals surface area contributed by atoms with Gasteiger partial charge < -0.3 is 19.2 Å².